The molecule has 0 aliphatic rings. The number of aryl methyl sites for hydroxylation is 2. The highest BCUT2D eigenvalue weighted by Crippen LogP contribution is 2.29. The van der Waals surface area contributed by atoms with E-state index in [2.05, 4.69) is 16.1 Å². The molecule has 0 saturated carbocycles. The van der Waals surface area contributed by atoms with Crippen LogP contribution in [0.25, 0.3) is 0 Å². The molecule has 3 rings (SSSR count). The summed E-state index contributed by atoms with van der Waals surface area (Å²) in [5, 5.41) is 2.83. The molecule has 0 aliphatic heterocycles. The zero-order chi connectivity index (χ0) is 22.9. The molecule has 1 N–H and O–H groups in total. The largest absolute Gasteiger partial charge is 0.493 e. The average molecular weight is 434 g/mol. The van der Waals surface area contributed by atoms with E-state index in [4.69, 9.17) is 9.47 Å². The van der Waals surface area contributed by atoms with Gasteiger partial charge in [-0.2, -0.15) is 0 Å². The van der Waals surface area contributed by atoms with Crippen molar-refractivity contribution >= 4 is 17.6 Å². The average Bonchev–Trinajstić information content (AvgIpc) is 2.81. The van der Waals surface area contributed by atoms with E-state index in [0.717, 1.165) is 11.1 Å². The number of ether oxygens (including phenoxy) is 3. The molecule has 0 spiro atoms. The van der Waals surface area contributed by atoms with Crippen molar-refractivity contribution in [3.8, 4) is 11.5 Å². The van der Waals surface area contributed by atoms with Crippen LogP contribution in [0.1, 0.15) is 33.5 Å². The Hall–Kier alpha value is -3.80. The number of benzene rings is 3. The summed E-state index contributed by atoms with van der Waals surface area (Å²) in [6.45, 7) is 2.50. The molecular formula is C26H27NO5. The third kappa shape index (κ3) is 6.35. The first-order valence-corrected chi connectivity index (χ1v) is 10.3. The van der Waals surface area contributed by atoms with Crippen LogP contribution >= 0.6 is 0 Å². The van der Waals surface area contributed by atoms with E-state index >= 15 is 0 Å². The van der Waals surface area contributed by atoms with Crippen LogP contribution in [-0.2, 0) is 22.6 Å². The molecule has 0 aliphatic carbocycles. The zero-order valence-electron chi connectivity index (χ0n) is 18.5. The Balaban J connectivity index is 1.54. The van der Waals surface area contributed by atoms with Gasteiger partial charge in [0, 0.05) is 12.1 Å². The monoisotopic (exact) mass is 433 g/mol. The highest BCUT2D eigenvalue weighted by atomic mass is 16.5. The number of anilines is 1. The number of carbonyl (C=O) groups excluding carboxylic acids is 2. The number of hydrogen-bond donors (Lipinski definition) is 1. The molecule has 0 saturated heterocycles. The van der Waals surface area contributed by atoms with E-state index in [1.807, 2.05) is 43.3 Å². The van der Waals surface area contributed by atoms with Gasteiger partial charge in [-0.25, -0.2) is 4.79 Å². The van der Waals surface area contributed by atoms with E-state index in [1.165, 1.54) is 12.7 Å². The SMILES string of the molecule is COC(=O)c1ccc(NC(=O)CCc2ccc(OCc3cccc(C)c3)c(OC)c2)cc1. The Labute approximate surface area is 188 Å². The van der Waals surface area contributed by atoms with Crippen LogP contribution < -0.4 is 14.8 Å². The predicted octanol–water partition coefficient (Wildman–Crippen LogP) is 4.94. The minimum Gasteiger partial charge on any atom is -0.493 e. The van der Waals surface area contributed by atoms with Crippen molar-refractivity contribution in [2.24, 2.45) is 0 Å². The van der Waals surface area contributed by atoms with Crippen molar-refractivity contribution < 1.29 is 23.8 Å². The predicted molar refractivity (Wildman–Crippen MR) is 123 cm³/mol. The lowest BCUT2D eigenvalue weighted by atomic mass is 10.1. The molecule has 1 amide bonds. The number of carbonyl (C=O) groups is 2. The maximum absolute atomic E-state index is 12.3. The summed E-state index contributed by atoms with van der Waals surface area (Å²) in [7, 11) is 2.93. The third-order valence-corrected chi connectivity index (χ3v) is 4.94. The van der Waals surface area contributed by atoms with Crippen LogP contribution in [0.3, 0.4) is 0 Å². The van der Waals surface area contributed by atoms with Gasteiger partial charge in [-0.3, -0.25) is 4.79 Å². The lowest BCUT2D eigenvalue weighted by Crippen LogP contribution is -2.12. The molecule has 0 unspecified atom stereocenters. The fraction of sp³-hybridized carbons (Fsp3) is 0.231. The number of hydrogen-bond acceptors (Lipinski definition) is 5. The molecular weight excluding hydrogens is 406 g/mol. The van der Waals surface area contributed by atoms with Gasteiger partial charge in [0.1, 0.15) is 6.61 Å². The second-order valence-electron chi connectivity index (χ2n) is 7.38. The molecule has 3 aromatic carbocycles. The van der Waals surface area contributed by atoms with Gasteiger partial charge in [0.05, 0.1) is 19.8 Å². The Bertz CT molecular complexity index is 1080. The number of nitrogens with one attached hydrogen (secondary N) is 1. The first kappa shape index (κ1) is 22.9. The number of rotatable bonds is 9. The summed E-state index contributed by atoms with van der Waals surface area (Å²) in [6.07, 6.45) is 0.867. The van der Waals surface area contributed by atoms with Crippen molar-refractivity contribution in [2.75, 3.05) is 19.5 Å². The second kappa shape index (κ2) is 11.0. The number of amides is 1. The van der Waals surface area contributed by atoms with Crippen LogP contribution in [0, 0.1) is 6.92 Å². The molecule has 0 bridgehead atoms. The fourth-order valence-corrected chi connectivity index (χ4v) is 3.24. The van der Waals surface area contributed by atoms with E-state index in [1.54, 1.807) is 31.4 Å². The molecule has 6 nitrogen and oxygen atoms in total. The van der Waals surface area contributed by atoms with Crippen molar-refractivity contribution in [2.45, 2.75) is 26.4 Å². The molecule has 0 fully saturated rings. The van der Waals surface area contributed by atoms with Crippen LogP contribution in [-0.4, -0.2) is 26.1 Å². The van der Waals surface area contributed by atoms with Crippen LogP contribution in [0.2, 0.25) is 0 Å². The van der Waals surface area contributed by atoms with Gasteiger partial charge in [-0.05, 0) is 60.9 Å². The van der Waals surface area contributed by atoms with Gasteiger partial charge >= 0.3 is 5.97 Å². The van der Waals surface area contributed by atoms with Crippen LogP contribution in [0.4, 0.5) is 5.69 Å². The lowest BCUT2D eigenvalue weighted by molar-refractivity contribution is -0.116. The smallest absolute Gasteiger partial charge is 0.337 e. The van der Waals surface area contributed by atoms with Gasteiger partial charge in [0.25, 0.3) is 0 Å². The van der Waals surface area contributed by atoms with Gasteiger partial charge in [0.2, 0.25) is 5.91 Å². The summed E-state index contributed by atoms with van der Waals surface area (Å²) in [5.41, 5.74) is 4.31. The van der Waals surface area contributed by atoms with Gasteiger partial charge in [0.15, 0.2) is 11.5 Å². The quantitative estimate of drug-likeness (QED) is 0.484. The molecule has 0 atom stereocenters. The maximum Gasteiger partial charge on any atom is 0.337 e. The summed E-state index contributed by atoms with van der Waals surface area (Å²) in [4.78, 5) is 23.8. The minimum atomic E-state index is -0.414. The highest BCUT2D eigenvalue weighted by molar-refractivity contribution is 5.93. The summed E-state index contributed by atoms with van der Waals surface area (Å²) in [6, 6.07) is 20.4. The number of methoxy groups -OCH3 is 2. The van der Waals surface area contributed by atoms with Crippen molar-refractivity contribution in [3.63, 3.8) is 0 Å². The van der Waals surface area contributed by atoms with E-state index < -0.39 is 5.97 Å². The van der Waals surface area contributed by atoms with Gasteiger partial charge in [-0.15, -0.1) is 0 Å². The van der Waals surface area contributed by atoms with E-state index in [0.29, 0.717) is 42.2 Å². The topological polar surface area (TPSA) is 73.9 Å². The summed E-state index contributed by atoms with van der Waals surface area (Å²) >= 11 is 0. The lowest BCUT2D eigenvalue weighted by Gasteiger charge is -2.13. The van der Waals surface area contributed by atoms with E-state index in [-0.39, 0.29) is 5.91 Å². The van der Waals surface area contributed by atoms with Gasteiger partial charge in [-0.1, -0.05) is 35.9 Å². The standard InChI is InChI=1S/C26H27NO5/c1-18-5-4-6-20(15-18)17-32-23-13-7-19(16-24(23)30-2)8-14-25(28)27-22-11-9-21(10-12-22)26(29)31-3/h4-7,9-13,15-16H,8,14,17H2,1-3H3,(H,27,28). The molecule has 0 radical (unpaired) electrons. The van der Waals surface area contributed by atoms with Crippen LogP contribution in [0.5, 0.6) is 11.5 Å². The van der Waals surface area contributed by atoms with Crippen molar-refractivity contribution in [3.05, 3.63) is 89.0 Å². The summed E-state index contributed by atoms with van der Waals surface area (Å²) < 4.78 is 16.1. The van der Waals surface area contributed by atoms with Crippen LogP contribution in [0.15, 0.2) is 66.7 Å². The third-order valence-electron chi connectivity index (χ3n) is 4.94. The Morgan fingerprint density at radius 1 is 0.875 bits per heavy atom. The molecule has 0 aromatic heterocycles. The minimum absolute atomic E-state index is 0.116. The van der Waals surface area contributed by atoms with E-state index in [9.17, 15) is 9.59 Å². The second-order valence-corrected chi connectivity index (χ2v) is 7.38. The van der Waals surface area contributed by atoms with Crippen molar-refractivity contribution in [1.29, 1.82) is 0 Å². The molecule has 32 heavy (non-hydrogen) atoms. The first-order chi connectivity index (χ1) is 15.5. The highest BCUT2D eigenvalue weighted by Gasteiger charge is 2.10. The fourth-order valence-electron chi connectivity index (χ4n) is 3.24. The normalized spacial score (nSPS) is 10.3. The Morgan fingerprint density at radius 3 is 2.34 bits per heavy atom. The summed E-state index contributed by atoms with van der Waals surface area (Å²) in [5.74, 6) is 0.763. The Morgan fingerprint density at radius 2 is 1.66 bits per heavy atom. The molecule has 166 valence electrons. The van der Waals surface area contributed by atoms with Gasteiger partial charge < -0.3 is 19.5 Å². The zero-order valence-corrected chi connectivity index (χ0v) is 18.5. The molecule has 6 heteroatoms. The van der Waals surface area contributed by atoms with Crippen molar-refractivity contribution in [1.82, 2.24) is 0 Å². The maximum atomic E-state index is 12.3. The molecule has 0 heterocycles. The molecule has 3 aromatic rings. The number of esters is 1. The Kier molecular flexibility index (Phi) is 7.86. The first-order valence-electron chi connectivity index (χ1n) is 10.3.